The SMILES string of the molecule is CC(NC(=O)Cc1ccc(C2(C(F)(F)F)CC2)nc1)c1cc2cnn(C(F)C(F)F)c2cn1. The van der Waals surface area contributed by atoms with E-state index >= 15 is 0 Å². The summed E-state index contributed by atoms with van der Waals surface area (Å²) in [5.74, 6) is -0.409. The Morgan fingerprint density at radius 1 is 1.15 bits per heavy atom. The first-order valence-electron chi connectivity index (χ1n) is 10.1. The van der Waals surface area contributed by atoms with E-state index < -0.39 is 36.3 Å². The molecule has 0 spiro atoms. The molecule has 3 aromatic rings. The number of halogens is 6. The molecule has 1 aliphatic rings. The molecule has 2 unspecified atom stereocenters. The lowest BCUT2D eigenvalue weighted by atomic mass is 10.0. The van der Waals surface area contributed by atoms with Gasteiger partial charge in [-0.05, 0) is 37.5 Å². The number of hydrogen-bond acceptors (Lipinski definition) is 4. The summed E-state index contributed by atoms with van der Waals surface area (Å²) in [5.41, 5.74) is -0.987. The van der Waals surface area contributed by atoms with E-state index in [0.29, 0.717) is 21.3 Å². The van der Waals surface area contributed by atoms with E-state index in [1.54, 1.807) is 6.92 Å². The number of fused-ring (bicyclic) bond motifs is 1. The predicted octanol–water partition coefficient (Wildman–Crippen LogP) is 4.57. The summed E-state index contributed by atoms with van der Waals surface area (Å²) in [6, 6.07) is 3.68. The van der Waals surface area contributed by atoms with Crippen LogP contribution in [0.1, 0.15) is 49.1 Å². The van der Waals surface area contributed by atoms with E-state index in [1.807, 2.05) is 0 Å². The molecule has 1 N–H and O–H groups in total. The Labute approximate surface area is 184 Å². The lowest BCUT2D eigenvalue weighted by molar-refractivity contribution is -0.161. The standard InChI is InChI=1S/C21H19F6N5O/c1-11(14-7-13-9-30-32(15(13)10-28-14)19(24)18(22)23)31-17(33)6-12-2-3-16(29-8-12)20(4-5-20)21(25,26)27/h2-3,7-11,18-19H,4-6H2,1H3,(H,31,33). The van der Waals surface area contributed by atoms with Crippen molar-refractivity contribution < 1.29 is 31.1 Å². The number of nitrogens with zero attached hydrogens (tertiary/aromatic N) is 4. The van der Waals surface area contributed by atoms with Gasteiger partial charge in [-0.25, -0.2) is 17.9 Å². The molecule has 1 fully saturated rings. The van der Waals surface area contributed by atoms with Crippen LogP contribution in [-0.4, -0.2) is 38.3 Å². The van der Waals surface area contributed by atoms with E-state index in [-0.39, 0.29) is 30.5 Å². The van der Waals surface area contributed by atoms with Gasteiger partial charge in [0.15, 0.2) is 0 Å². The van der Waals surface area contributed by atoms with Gasteiger partial charge in [-0.2, -0.15) is 18.3 Å². The highest BCUT2D eigenvalue weighted by atomic mass is 19.4. The topological polar surface area (TPSA) is 72.7 Å². The van der Waals surface area contributed by atoms with Crippen LogP contribution in [0.4, 0.5) is 26.3 Å². The highest BCUT2D eigenvalue weighted by Gasteiger charge is 2.65. The zero-order valence-electron chi connectivity index (χ0n) is 17.3. The van der Waals surface area contributed by atoms with Crippen molar-refractivity contribution in [1.29, 1.82) is 0 Å². The molecule has 33 heavy (non-hydrogen) atoms. The second-order valence-corrected chi connectivity index (χ2v) is 8.06. The van der Waals surface area contributed by atoms with E-state index in [4.69, 9.17) is 0 Å². The Morgan fingerprint density at radius 3 is 2.45 bits per heavy atom. The Balaban J connectivity index is 1.40. The van der Waals surface area contributed by atoms with Crippen LogP contribution in [-0.2, 0) is 16.6 Å². The van der Waals surface area contributed by atoms with Gasteiger partial charge < -0.3 is 5.32 Å². The lowest BCUT2D eigenvalue weighted by Crippen LogP contribution is -2.30. The fourth-order valence-corrected chi connectivity index (χ4v) is 3.68. The summed E-state index contributed by atoms with van der Waals surface area (Å²) in [6.07, 6.45) is -6.59. The fraction of sp³-hybridized carbons (Fsp3) is 0.429. The van der Waals surface area contributed by atoms with Crippen molar-refractivity contribution >= 4 is 16.8 Å². The molecular weight excluding hydrogens is 452 g/mol. The fourth-order valence-electron chi connectivity index (χ4n) is 3.68. The summed E-state index contributed by atoms with van der Waals surface area (Å²) >= 11 is 0. The second-order valence-electron chi connectivity index (χ2n) is 8.06. The van der Waals surface area contributed by atoms with Gasteiger partial charge in [0.2, 0.25) is 5.91 Å². The van der Waals surface area contributed by atoms with Gasteiger partial charge in [0.1, 0.15) is 5.41 Å². The van der Waals surface area contributed by atoms with Crippen LogP contribution in [0.2, 0.25) is 0 Å². The van der Waals surface area contributed by atoms with Crippen LogP contribution in [0.5, 0.6) is 0 Å². The van der Waals surface area contributed by atoms with E-state index in [9.17, 15) is 31.1 Å². The molecule has 0 saturated heterocycles. The summed E-state index contributed by atoms with van der Waals surface area (Å²) in [7, 11) is 0. The van der Waals surface area contributed by atoms with Crippen molar-refractivity contribution in [2.24, 2.45) is 0 Å². The molecular formula is C21H19F6N5O. The third kappa shape index (κ3) is 4.38. The van der Waals surface area contributed by atoms with E-state index in [2.05, 4.69) is 20.4 Å². The van der Waals surface area contributed by atoms with E-state index in [1.165, 1.54) is 36.8 Å². The quantitative estimate of drug-likeness (QED) is 0.513. The summed E-state index contributed by atoms with van der Waals surface area (Å²) in [6.45, 7) is 1.65. The molecule has 2 atom stereocenters. The monoisotopic (exact) mass is 471 g/mol. The van der Waals surface area contributed by atoms with Gasteiger partial charge in [0.25, 0.3) is 12.7 Å². The normalized spacial score (nSPS) is 17.2. The predicted molar refractivity (Wildman–Crippen MR) is 105 cm³/mol. The Kier molecular flexibility index (Phi) is 5.79. The number of nitrogens with one attached hydrogen (secondary N) is 1. The molecule has 0 bridgehead atoms. The second kappa shape index (κ2) is 8.31. The molecule has 6 nitrogen and oxygen atoms in total. The molecule has 1 saturated carbocycles. The molecule has 1 amide bonds. The minimum absolute atomic E-state index is 0.00517. The van der Waals surface area contributed by atoms with Crippen molar-refractivity contribution in [3.05, 3.63) is 53.7 Å². The maximum absolute atomic E-state index is 13.6. The number of carbonyl (C=O) groups excluding carboxylic acids is 1. The number of alkyl halides is 6. The van der Waals surface area contributed by atoms with Crippen molar-refractivity contribution in [2.45, 2.75) is 56.5 Å². The largest absolute Gasteiger partial charge is 0.399 e. The van der Waals surface area contributed by atoms with Crippen LogP contribution in [0.3, 0.4) is 0 Å². The third-order valence-corrected chi connectivity index (χ3v) is 5.74. The van der Waals surface area contributed by atoms with Gasteiger partial charge in [-0.1, -0.05) is 6.07 Å². The number of rotatable bonds is 7. The molecule has 3 aromatic heterocycles. The average molecular weight is 471 g/mol. The average Bonchev–Trinajstić information content (AvgIpc) is 3.48. The lowest BCUT2D eigenvalue weighted by Gasteiger charge is -2.18. The van der Waals surface area contributed by atoms with Gasteiger partial charge in [0, 0.05) is 11.6 Å². The minimum atomic E-state index is -4.36. The van der Waals surface area contributed by atoms with Crippen molar-refractivity contribution in [3.8, 4) is 0 Å². The van der Waals surface area contributed by atoms with Crippen molar-refractivity contribution in [1.82, 2.24) is 25.1 Å². The Hall–Kier alpha value is -3.18. The molecule has 0 aromatic carbocycles. The molecule has 4 rings (SSSR count). The molecule has 176 valence electrons. The zero-order chi connectivity index (χ0) is 24.0. The number of pyridine rings is 2. The first kappa shape index (κ1) is 23.0. The molecule has 0 radical (unpaired) electrons. The smallest absolute Gasteiger partial charge is 0.348 e. The number of aromatic nitrogens is 4. The Morgan fingerprint density at radius 2 is 1.88 bits per heavy atom. The van der Waals surface area contributed by atoms with Gasteiger partial charge in [0.05, 0.1) is 41.8 Å². The van der Waals surface area contributed by atoms with Crippen molar-refractivity contribution in [2.75, 3.05) is 0 Å². The number of amides is 1. The maximum atomic E-state index is 13.6. The van der Waals surface area contributed by atoms with Crippen LogP contribution in [0.15, 0.2) is 36.8 Å². The highest BCUT2D eigenvalue weighted by molar-refractivity contribution is 5.80. The molecule has 12 heteroatoms. The zero-order valence-corrected chi connectivity index (χ0v) is 17.3. The molecule has 0 aliphatic heterocycles. The van der Waals surface area contributed by atoms with Crippen LogP contribution >= 0.6 is 0 Å². The Bertz CT molecular complexity index is 1160. The summed E-state index contributed by atoms with van der Waals surface area (Å²) in [4.78, 5) is 20.4. The molecule has 1 aliphatic carbocycles. The van der Waals surface area contributed by atoms with E-state index in [0.717, 1.165) is 0 Å². The van der Waals surface area contributed by atoms with Gasteiger partial charge in [-0.15, -0.1) is 0 Å². The third-order valence-electron chi connectivity index (χ3n) is 5.74. The first-order chi connectivity index (χ1) is 15.5. The summed E-state index contributed by atoms with van der Waals surface area (Å²) < 4.78 is 79.0. The first-order valence-corrected chi connectivity index (χ1v) is 10.1. The van der Waals surface area contributed by atoms with Crippen LogP contribution in [0.25, 0.3) is 10.9 Å². The number of hydrogen-bond donors (Lipinski definition) is 1. The highest BCUT2D eigenvalue weighted by Crippen LogP contribution is 2.58. The van der Waals surface area contributed by atoms with Crippen molar-refractivity contribution in [3.63, 3.8) is 0 Å². The van der Waals surface area contributed by atoms with Crippen LogP contribution < -0.4 is 5.32 Å². The van der Waals surface area contributed by atoms with Crippen LogP contribution in [0, 0.1) is 0 Å². The number of carbonyl (C=O) groups is 1. The minimum Gasteiger partial charge on any atom is -0.348 e. The molecule has 3 heterocycles. The van der Waals surface area contributed by atoms with Gasteiger partial charge in [-0.3, -0.25) is 14.8 Å². The van der Waals surface area contributed by atoms with Gasteiger partial charge >= 0.3 is 6.18 Å². The summed E-state index contributed by atoms with van der Waals surface area (Å²) in [5, 5.41) is 6.72. The maximum Gasteiger partial charge on any atom is 0.399 e.